The fourth-order valence-electron chi connectivity index (χ4n) is 3.68. The molecule has 2 aromatic carbocycles. The van der Waals surface area contributed by atoms with Crippen molar-refractivity contribution in [2.45, 2.75) is 29.3 Å². The molecular formula is C22H14Cl3F3N4S2. The van der Waals surface area contributed by atoms with Crippen molar-refractivity contribution >= 4 is 57.9 Å². The molecule has 0 amide bonds. The highest BCUT2D eigenvalue weighted by atomic mass is 35.5. The van der Waals surface area contributed by atoms with Crippen LogP contribution in [0.3, 0.4) is 0 Å². The van der Waals surface area contributed by atoms with Gasteiger partial charge in [0.05, 0.1) is 21.3 Å². The highest BCUT2D eigenvalue weighted by Crippen LogP contribution is 2.60. The molecule has 0 atom stereocenters. The molecule has 4 nitrogen and oxygen atoms in total. The van der Waals surface area contributed by atoms with Crippen LogP contribution < -0.4 is 0 Å². The number of alkyl halides is 3. The average Bonchev–Trinajstić information content (AvgIpc) is 3.32. The molecule has 2 aromatic heterocycles. The Morgan fingerprint density at radius 2 is 1.68 bits per heavy atom. The van der Waals surface area contributed by atoms with Crippen LogP contribution in [0.15, 0.2) is 47.4 Å². The molecule has 34 heavy (non-hydrogen) atoms. The van der Waals surface area contributed by atoms with Gasteiger partial charge in [-0.2, -0.15) is 18.3 Å². The van der Waals surface area contributed by atoms with Gasteiger partial charge in [-0.25, -0.2) is 4.68 Å². The van der Waals surface area contributed by atoms with Crippen LogP contribution >= 0.6 is 57.9 Å². The molecule has 12 heteroatoms. The number of rotatable bonds is 5. The van der Waals surface area contributed by atoms with Crippen molar-refractivity contribution in [3.8, 4) is 27.6 Å². The summed E-state index contributed by atoms with van der Waals surface area (Å²) in [5, 5.41) is 14.5. The van der Waals surface area contributed by atoms with E-state index in [9.17, 15) is 13.2 Å². The maximum Gasteiger partial charge on any atom is 0.400 e. The van der Waals surface area contributed by atoms with Crippen LogP contribution in [0.4, 0.5) is 13.2 Å². The van der Waals surface area contributed by atoms with Gasteiger partial charge in [0.15, 0.2) is 5.01 Å². The summed E-state index contributed by atoms with van der Waals surface area (Å²) in [7, 11) is 0. The summed E-state index contributed by atoms with van der Waals surface area (Å²) in [5.41, 5.74) is 0.611. The van der Waals surface area contributed by atoms with E-state index in [0.29, 0.717) is 37.2 Å². The lowest BCUT2D eigenvalue weighted by Crippen LogP contribution is -2.28. The van der Waals surface area contributed by atoms with Gasteiger partial charge in [-0.15, -0.1) is 22.0 Å². The minimum Gasteiger partial charge on any atom is -0.230 e. The van der Waals surface area contributed by atoms with Gasteiger partial charge in [0.1, 0.15) is 16.1 Å². The summed E-state index contributed by atoms with van der Waals surface area (Å²) in [6.07, 6.45) is -2.46. The molecule has 1 aliphatic carbocycles. The predicted molar refractivity (Wildman–Crippen MR) is 132 cm³/mol. The van der Waals surface area contributed by atoms with Crippen LogP contribution in [-0.2, 0) is 5.41 Å². The van der Waals surface area contributed by atoms with E-state index in [0.717, 1.165) is 21.8 Å². The van der Waals surface area contributed by atoms with Crippen molar-refractivity contribution in [3.63, 3.8) is 0 Å². The Hall–Kier alpha value is -1.78. The lowest BCUT2D eigenvalue weighted by atomic mass is 10.1. The third kappa shape index (κ3) is 4.01. The maximum atomic E-state index is 13.6. The molecule has 0 spiro atoms. The first-order chi connectivity index (χ1) is 16.1. The number of aromatic nitrogens is 4. The van der Waals surface area contributed by atoms with Gasteiger partial charge in [-0.1, -0.05) is 58.3 Å². The van der Waals surface area contributed by atoms with Gasteiger partial charge in [0, 0.05) is 15.6 Å². The zero-order valence-electron chi connectivity index (χ0n) is 17.3. The van der Waals surface area contributed by atoms with Crippen molar-refractivity contribution in [2.75, 3.05) is 6.26 Å². The standard InChI is InChI=1S/C22H14Cl3F3N4S2/c1-33-18-16(19-29-30-20(34-19)21(8-9-21)22(26,27)28)31-32(15-7-6-13(24)10-14(15)25)17(18)11-2-4-12(23)5-3-11/h2-7,10H,8-9H2,1H3. The van der Waals surface area contributed by atoms with E-state index in [4.69, 9.17) is 39.9 Å². The molecule has 1 saturated carbocycles. The summed E-state index contributed by atoms with van der Waals surface area (Å²) in [4.78, 5) is 0.730. The molecule has 0 N–H and O–H groups in total. The minimum atomic E-state index is -4.36. The Balaban J connectivity index is 1.71. The largest absolute Gasteiger partial charge is 0.400 e. The van der Waals surface area contributed by atoms with E-state index in [1.807, 2.05) is 18.4 Å². The summed E-state index contributed by atoms with van der Waals surface area (Å²) in [6.45, 7) is 0. The second-order valence-corrected chi connectivity index (χ2v) is 10.8. The highest BCUT2D eigenvalue weighted by Gasteiger charge is 2.66. The second kappa shape index (κ2) is 8.71. The van der Waals surface area contributed by atoms with Crippen LogP contribution in [0.1, 0.15) is 17.8 Å². The first-order valence-corrected chi connectivity index (χ1v) is 13.1. The first-order valence-electron chi connectivity index (χ1n) is 9.94. The first kappa shape index (κ1) is 23.9. The van der Waals surface area contributed by atoms with Crippen molar-refractivity contribution in [1.82, 2.24) is 20.0 Å². The molecule has 1 aliphatic rings. The lowest BCUT2D eigenvalue weighted by Gasteiger charge is -2.15. The van der Waals surface area contributed by atoms with Gasteiger partial charge in [-0.3, -0.25) is 0 Å². The smallest absolute Gasteiger partial charge is 0.230 e. The molecule has 0 saturated heterocycles. The Morgan fingerprint density at radius 3 is 2.26 bits per heavy atom. The molecular weight excluding hydrogens is 548 g/mol. The maximum absolute atomic E-state index is 13.6. The van der Waals surface area contributed by atoms with Gasteiger partial charge in [0.2, 0.25) is 0 Å². The van der Waals surface area contributed by atoms with Crippen molar-refractivity contribution < 1.29 is 13.2 Å². The molecule has 1 fully saturated rings. The quantitative estimate of drug-likeness (QED) is 0.230. The summed E-state index contributed by atoms with van der Waals surface area (Å²) in [5.74, 6) is 0. The molecule has 0 radical (unpaired) electrons. The minimum absolute atomic E-state index is 0.0192. The number of halogens is 6. The van der Waals surface area contributed by atoms with Crippen molar-refractivity contribution in [2.24, 2.45) is 0 Å². The molecule has 176 valence electrons. The van der Waals surface area contributed by atoms with Gasteiger partial charge >= 0.3 is 6.18 Å². The van der Waals surface area contributed by atoms with E-state index >= 15 is 0 Å². The average molecular weight is 562 g/mol. The summed E-state index contributed by atoms with van der Waals surface area (Å²) >= 11 is 21.0. The van der Waals surface area contributed by atoms with Crippen molar-refractivity contribution in [3.05, 3.63) is 62.5 Å². The molecule has 0 bridgehead atoms. The molecule has 4 aromatic rings. The van der Waals surface area contributed by atoms with E-state index in [1.54, 1.807) is 35.0 Å². The molecule has 5 rings (SSSR count). The Morgan fingerprint density at radius 1 is 1.00 bits per heavy atom. The van der Waals surface area contributed by atoms with Gasteiger partial charge in [0.25, 0.3) is 0 Å². The second-order valence-electron chi connectivity index (χ2n) is 7.74. The topological polar surface area (TPSA) is 43.6 Å². The summed E-state index contributed by atoms with van der Waals surface area (Å²) < 4.78 is 42.6. The Bertz CT molecular complexity index is 1380. The molecule has 0 aliphatic heterocycles. The predicted octanol–water partition coefficient (Wildman–Crippen LogP) is 8.33. The zero-order valence-corrected chi connectivity index (χ0v) is 21.2. The molecule has 0 unspecified atom stereocenters. The third-order valence-electron chi connectivity index (χ3n) is 5.63. The Labute approximate surface area is 216 Å². The SMILES string of the molecule is CSc1c(-c2nnc(C3(C(F)(F)F)CC3)s2)nn(-c2ccc(Cl)cc2Cl)c1-c1ccc(Cl)cc1. The van der Waals surface area contributed by atoms with Crippen LogP contribution in [-0.4, -0.2) is 32.4 Å². The van der Waals surface area contributed by atoms with Gasteiger partial charge in [-0.05, 0) is 49.4 Å². The normalized spacial score (nSPS) is 15.0. The van der Waals surface area contributed by atoms with Crippen LogP contribution in [0.25, 0.3) is 27.6 Å². The zero-order chi connectivity index (χ0) is 24.3. The van der Waals surface area contributed by atoms with E-state index < -0.39 is 11.6 Å². The summed E-state index contributed by atoms with van der Waals surface area (Å²) in [6, 6.07) is 12.2. The number of thioether (sulfide) groups is 1. The van der Waals surface area contributed by atoms with Crippen molar-refractivity contribution in [1.29, 1.82) is 0 Å². The van der Waals surface area contributed by atoms with E-state index in [1.165, 1.54) is 11.8 Å². The lowest BCUT2D eigenvalue weighted by molar-refractivity contribution is -0.160. The number of hydrogen-bond donors (Lipinski definition) is 0. The van der Waals surface area contributed by atoms with Crippen LogP contribution in [0.5, 0.6) is 0 Å². The van der Waals surface area contributed by atoms with E-state index in [-0.39, 0.29) is 17.8 Å². The fourth-order valence-corrected chi connectivity index (χ4v) is 6.19. The van der Waals surface area contributed by atoms with Crippen LogP contribution in [0.2, 0.25) is 15.1 Å². The number of nitrogens with zero attached hydrogens (tertiary/aromatic N) is 4. The third-order valence-corrected chi connectivity index (χ3v) is 8.35. The molecule has 2 heterocycles. The van der Waals surface area contributed by atoms with E-state index in [2.05, 4.69) is 10.2 Å². The number of hydrogen-bond acceptors (Lipinski definition) is 5. The monoisotopic (exact) mass is 560 g/mol. The fraction of sp³-hybridized carbons (Fsp3) is 0.227. The van der Waals surface area contributed by atoms with Crippen LogP contribution in [0, 0.1) is 0 Å². The highest BCUT2D eigenvalue weighted by molar-refractivity contribution is 7.98. The number of benzene rings is 2. The Kier molecular flexibility index (Phi) is 6.13. The van der Waals surface area contributed by atoms with Gasteiger partial charge < -0.3 is 0 Å².